The van der Waals surface area contributed by atoms with E-state index in [1.807, 2.05) is 24.1 Å². The standard InChI is InChI=1S/C23H36O3SSi/c1-17(16-25-6)23(5,27-19-12-10-9-11-13-19)20-14-18(24)15-21(20)26-28(7,8)22(2,3)4/h9-13,16,20-21H,14-15H2,1-8H3. The SMILES string of the molecule is COC=C(C)C(C)(Sc1ccccc1)C1CC(=O)CC1O[Si](C)(C)C(C)(C)C. The molecule has 0 amide bonds. The molecular formula is C23H36O3SSi. The molecule has 1 aliphatic carbocycles. The zero-order chi connectivity index (χ0) is 21.2. The van der Waals surface area contributed by atoms with Crippen LogP contribution in [0.4, 0.5) is 0 Å². The van der Waals surface area contributed by atoms with E-state index in [0.717, 1.165) is 5.57 Å². The molecule has 0 saturated heterocycles. The van der Waals surface area contributed by atoms with Gasteiger partial charge in [0.2, 0.25) is 0 Å². The molecule has 156 valence electrons. The molecule has 0 spiro atoms. The summed E-state index contributed by atoms with van der Waals surface area (Å²) in [6.07, 6.45) is 2.85. The second kappa shape index (κ2) is 8.76. The van der Waals surface area contributed by atoms with Crippen molar-refractivity contribution in [1.29, 1.82) is 0 Å². The van der Waals surface area contributed by atoms with Crippen LogP contribution in [0.25, 0.3) is 0 Å². The van der Waals surface area contributed by atoms with E-state index in [1.165, 1.54) is 4.90 Å². The van der Waals surface area contributed by atoms with Gasteiger partial charge in [-0.15, -0.1) is 11.8 Å². The second-order valence-electron chi connectivity index (χ2n) is 9.53. The summed E-state index contributed by atoms with van der Waals surface area (Å²) >= 11 is 1.81. The molecule has 0 N–H and O–H groups in total. The first-order chi connectivity index (χ1) is 12.9. The molecular weight excluding hydrogens is 384 g/mol. The fourth-order valence-electron chi connectivity index (χ4n) is 3.53. The minimum Gasteiger partial charge on any atom is -0.504 e. The summed E-state index contributed by atoms with van der Waals surface area (Å²) < 4.78 is 11.9. The Balaban J connectivity index is 2.42. The number of thioether (sulfide) groups is 1. The largest absolute Gasteiger partial charge is 0.504 e. The van der Waals surface area contributed by atoms with Gasteiger partial charge in [-0.2, -0.15) is 0 Å². The maximum atomic E-state index is 12.6. The van der Waals surface area contributed by atoms with Crippen molar-refractivity contribution >= 4 is 25.9 Å². The Hall–Kier alpha value is -1.04. The molecule has 1 aromatic rings. The fourth-order valence-corrected chi connectivity index (χ4v) is 6.27. The summed E-state index contributed by atoms with van der Waals surface area (Å²) in [4.78, 5) is 13.7. The monoisotopic (exact) mass is 420 g/mol. The van der Waals surface area contributed by atoms with E-state index >= 15 is 0 Å². The minimum atomic E-state index is -1.98. The van der Waals surface area contributed by atoms with Gasteiger partial charge in [0.15, 0.2) is 8.32 Å². The Morgan fingerprint density at radius 3 is 2.29 bits per heavy atom. The summed E-state index contributed by atoms with van der Waals surface area (Å²) in [5.41, 5.74) is 1.13. The number of carbonyl (C=O) groups excluding carboxylic acids is 1. The summed E-state index contributed by atoms with van der Waals surface area (Å²) in [5, 5.41) is 0.115. The van der Waals surface area contributed by atoms with Gasteiger partial charge < -0.3 is 9.16 Å². The molecule has 0 radical (unpaired) electrons. The van der Waals surface area contributed by atoms with Crippen LogP contribution >= 0.6 is 11.8 Å². The first-order valence-corrected chi connectivity index (χ1v) is 13.8. The third-order valence-electron chi connectivity index (χ3n) is 6.44. The Kier molecular flexibility index (Phi) is 7.27. The van der Waals surface area contributed by atoms with E-state index in [2.05, 4.69) is 72.0 Å². The molecule has 5 heteroatoms. The quantitative estimate of drug-likeness (QED) is 0.288. The van der Waals surface area contributed by atoms with Crippen LogP contribution in [-0.4, -0.2) is 32.1 Å². The van der Waals surface area contributed by atoms with E-state index in [4.69, 9.17) is 9.16 Å². The van der Waals surface area contributed by atoms with Gasteiger partial charge in [-0.05, 0) is 49.7 Å². The number of ketones is 1. The highest BCUT2D eigenvalue weighted by Gasteiger charge is 2.50. The Bertz CT molecular complexity index is 708. The summed E-state index contributed by atoms with van der Waals surface area (Å²) in [7, 11) is -0.297. The average Bonchev–Trinajstić information content (AvgIpc) is 2.95. The maximum Gasteiger partial charge on any atom is 0.192 e. The van der Waals surface area contributed by atoms with Gasteiger partial charge in [0.25, 0.3) is 0 Å². The van der Waals surface area contributed by atoms with Crippen molar-refractivity contribution in [2.75, 3.05) is 7.11 Å². The van der Waals surface area contributed by atoms with Crippen LogP contribution < -0.4 is 0 Å². The number of Topliss-reactive ketones (excluding diaryl/α,β-unsaturated/α-hetero) is 1. The Labute approximate surface area is 176 Å². The van der Waals surface area contributed by atoms with Crippen LogP contribution in [-0.2, 0) is 14.0 Å². The number of ether oxygens (including phenoxy) is 1. The van der Waals surface area contributed by atoms with Gasteiger partial charge in [0, 0.05) is 28.4 Å². The molecule has 28 heavy (non-hydrogen) atoms. The predicted molar refractivity (Wildman–Crippen MR) is 121 cm³/mol. The lowest BCUT2D eigenvalue weighted by Crippen LogP contribution is -2.48. The second-order valence-corrected chi connectivity index (χ2v) is 15.8. The molecule has 1 saturated carbocycles. The first-order valence-electron chi connectivity index (χ1n) is 10.0. The molecule has 3 unspecified atom stereocenters. The number of carbonyl (C=O) groups is 1. The van der Waals surface area contributed by atoms with Gasteiger partial charge in [0.05, 0.1) is 19.5 Å². The molecule has 1 fully saturated rings. The van der Waals surface area contributed by atoms with Crippen molar-refractivity contribution < 1.29 is 14.0 Å². The fraction of sp³-hybridized carbons (Fsp3) is 0.609. The molecule has 0 heterocycles. The van der Waals surface area contributed by atoms with Gasteiger partial charge in [-0.1, -0.05) is 39.0 Å². The molecule has 0 aromatic heterocycles. The van der Waals surface area contributed by atoms with E-state index < -0.39 is 8.32 Å². The molecule has 3 nitrogen and oxygen atoms in total. The Morgan fingerprint density at radius 1 is 1.14 bits per heavy atom. The predicted octanol–water partition coefficient (Wildman–Crippen LogP) is 6.46. The summed E-state index contributed by atoms with van der Waals surface area (Å²) in [6.45, 7) is 15.6. The van der Waals surface area contributed by atoms with Crippen LogP contribution in [0.5, 0.6) is 0 Å². The van der Waals surface area contributed by atoms with E-state index in [9.17, 15) is 4.79 Å². The van der Waals surface area contributed by atoms with Crippen molar-refractivity contribution in [2.45, 2.75) is 81.3 Å². The van der Waals surface area contributed by atoms with E-state index in [0.29, 0.717) is 18.6 Å². The van der Waals surface area contributed by atoms with Crippen LogP contribution in [0.15, 0.2) is 47.1 Å². The molecule has 0 bridgehead atoms. The number of benzene rings is 1. The average molecular weight is 421 g/mol. The highest BCUT2D eigenvalue weighted by Crippen LogP contribution is 2.51. The third-order valence-corrected chi connectivity index (χ3v) is 12.5. The normalized spacial score (nSPS) is 23.6. The number of hydrogen-bond acceptors (Lipinski definition) is 4. The zero-order valence-electron chi connectivity index (χ0n) is 18.7. The van der Waals surface area contributed by atoms with E-state index in [1.54, 1.807) is 7.11 Å². The van der Waals surface area contributed by atoms with Crippen LogP contribution in [0.1, 0.15) is 47.5 Å². The number of rotatable bonds is 7. The van der Waals surface area contributed by atoms with Crippen LogP contribution in [0.2, 0.25) is 18.1 Å². The summed E-state index contributed by atoms with van der Waals surface area (Å²) in [6, 6.07) is 10.4. The van der Waals surface area contributed by atoms with Crippen molar-refractivity contribution in [2.24, 2.45) is 5.92 Å². The minimum absolute atomic E-state index is 0.0465. The lowest BCUT2D eigenvalue weighted by molar-refractivity contribution is -0.117. The van der Waals surface area contributed by atoms with Crippen molar-refractivity contribution in [3.05, 3.63) is 42.2 Å². The lowest BCUT2D eigenvalue weighted by Gasteiger charge is -2.44. The van der Waals surface area contributed by atoms with Crippen LogP contribution in [0.3, 0.4) is 0 Å². The van der Waals surface area contributed by atoms with Crippen molar-refractivity contribution in [3.8, 4) is 0 Å². The molecule has 1 aliphatic rings. The zero-order valence-corrected chi connectivity index (χ0v) is 20.5. The molecule has 3 atom stereocenters. The third kappa shape index (κ3) is 5.11. The van der Waals surface area contributed by atoms with E-state index in [-0.39, 0.29) is 21.8 Å². The maximum absolute atomic E-state index is 12.6. The van der Waals surface area contributed by atoms with Crippen molar-refractivity contribution in [1.82, 2.24) is 0 Å². The molecule has 1 aromatic carbocycles. The van der Waals surface area contributed by atoms with Crippen LogP contribution in [0, 0.1) is 5.92 Å². The smallest absolute Gasteiger partial charge is 0.192 e. The highest BCUT2D eigenvalue weighted by molar-refractivity contribution is 8.00. The van der Waals surface area contributed by atoms with Gasteiger partial charge >= 0.3 is 0 Å². The topological polar surface area (TPSA) is 35.5 Å². The van der Waals surface area contributed by atoms with Gasteiger partial charge in [-0.3, -0.25) is 4.79 Å². The highest BCUT2D eigenvalue weighted by atomic mass is 32.2. The molecule has 0 aliphatic heterocycles. The molecule has 2 rings (SSSR count). The Morgan fingerprint density at radius 2 is 1.75 bits per heavy atom. The van der Waals surface area contributed by atoms with Gasteiger partial charge in [0.1, 0.15) is 5.78 Å². The lowest BCUT2D eigenvalue weighted by atomic mass is 9.85. The van der Waals surface area contributed by atoms with Crippen molar-refractivity contribution in [3.63, 3.8) is 0 Å². The number of hydrogen-bond donors (Lipinski definition) is 0. The number of methoxy groups -OCH3 is 1. The summed E-state index contributed by atoms with van der Waals surface area (Å²) in [5.74, 6) is 0.421. The first kappa shape index (κ1) is 23.2. The van der Waals surface area contributed by atoms with Gasteiger partial charge in [-0.25, -0.2) is 0 Å².